The van der Waals surface area contributed by atoms with Crippen LogP contribution in [0.1, 0.15) is 16.1 Å². The highest BCUT2D eigenvalue weighted by molar-refractivity contribution is 5.95. The van der Waals surface area contributed by atoms with Crippen molar-refractivity contribution in [2.45, 2.75) is 6.92 Å². The molecule has 0 radical (unpaired) electrons. The van der Waals surface area contributed by atoms with E-state index in [1.165, 1.54) is 12.1 Å². The lowest BCUT2D eigenvalue weighted by Crippen LogP contribution is -2.30. The van der Waals surface area contributed by atoms with E-state index in [4.69, 9.17) is 5.84 Å². The molecule has 0 aliphatic carbocycles. The SMILES string of the molecule is Cc1nc(-c2ccc(F)cc2)ccc1C(=O)NN. The van der Waals surface area contributed by atoms with Gasteiger partial charge in [-0.2, -0.15) is 0 Å². The Bertz CT molecular complexity index is 581. The van der Waals surface area contributed by atoms with Crippen LogP contribution in [0.5, 0.6) is 0 Å². The molecule has 1 aromatic heterocycles. The van der Waals surface area contributed by atoms with E-state index in [0.29, 0.717) is 17.0 Å². The maximum atomic E-state index is 12.8. The fourth-order valence-electron chi connectivity index (χ4n) is 1.66. The summed E-state index contributed by atoms with van der Waals surface area (Å²) in [5.41, 5.74) is 4.52. The number of pyridine rings is 1. The lowest BCUT2D eigenvalue weighted by molar-refractivity contribution is 0.0952. The number of benzene rings is 1. The maximum Gasteiger partial charge on any atom is 0.267 e. The molecule has 0 saturated carbocycles. The van der Waals surface area contributed by atoms with Crippen molar-refractivity contribution in [3.05, 3.63) is 53.5 Å². The molecule has 0 unspecified atom stereocenters. The number of nitrogens with two attached hydrogens (primary N) is 1. The quantitative estimate of drug-likeness (QED) is 0.481. The van der Waals surface area contributed by atoms with Crippen LogP contribution in [0.25, 0.3) is 11.3 Å². The van der Waals surface area contributed by atoms with Crippen LogP contribution in [0.3, 0.4) is 0 Å². The molecule has 0 aliphatic heterocycles. The van der Waals surface area contributed by atoms with Crippen molar-refractivity contribution < 1.29 is 9.18 Å². The third kappa shape index (κ3) is 2.36. The van der Waals surface area contributed by atoms with E-state index in [0.717, 1.165) is 5.56 Å². The van der Waals surface area contributed by atoms with Gasteiger partial charge >= 0.3 is 0 Å². The van der Waals surface area contributed by atoms with Crippen molar-refractivity contribution in [1.29, 1.82) is 0 Å². The molecule has 1 amide bonds. The second-order valence-corrected chi connectivity index (χ2v) is 3.81. The third-order valence-corrected chi connectivity index (χ3v) is 2.60. The standard InChI is InChI=1S/C13H12FN3O/c1-8-11(13(18)17-15)6-7-12(16-8)9-2-4-10(14)5-3-9/h2-7H,15H2,1H3,(H,17,18). The molecular weight excluding hydrogens is 233 g/mol. The lowest BCUT2D eigenvalue weighted by Gasteiger charge is -2.06. The third-order valence-electron chi connectivity index (χ3n) is 2.60. The zero-order valence-corrected chi connectivity index (χ0v) is 9.77. The number of hydrazine groups is 1. The average molecular weight is 245 g/mol. The second-order valence-electron chi connectivity index (χ2n) is 3.81. The fraction of sp³-hybridized carbons (Fsp3) is 0.0769. The van der Waals surface area contributed by atoms with Crippen LogP contribution in [0.2, 0.25) is 0 Å². The van der Waals surface area contributed by atoms with Gasteiger partial charge in [-0.25, -0.2) is 10.2 Å². The molecule has 0 atom stereocenters. The summed E-state index contributed by atoms with van der Waals surface area (Å²) in [7, 11) is 0. The number of aryl methyl sites for hydroxylation is 1. The predicted octanol–water partition coefficient (Wildman–Crippen LogP) is 1.80. The number of nitrogens with zero attached hydrogens (tertiary/aromatic N) is 1. The summed E-state index contributed by atoms with van der Waals surface area (Å²) in [6, 6.07) is 9.35. The molecule has 3 N–H and O–H groups in total. The highest BCUT2D eigenvalue weighted by Gasteiger charge is 2.09. The summed E-state index contributed by atoms with van der Waals surface area (Å²) in [5, 5.41) is 0. The molecule has 1 heterocycles. The van der Waals surface area contributed by atoms with E-state index >= 15 is 0 Å². The minimum absolute atomic E-state index is 0.297. The highest BCUT2D eigenvalue weighted by Crippen LogP contribution is 2.19. The van der Waals surface area contributed by atoms with Gasteiger partial charge in [0.15, 0.2) is 0 Å². The van der Waals surface area contributed by atoms with Gasteiger partial charge in [-0.3, -0.25) is 15.2 Å². The van der Waals surface area contributed by atoms with Crippen LogP contribution in [0.15, 0.2) is 36.4 Å². The Labute approximate surface area is 104 Å². The Kier molecular flexibility index (Phi) is 3.34. The molecule has 0 fully saturated rings. The van der Waals surface area contributed by atoms with Gasteiger partial charge in [-0.1, -0.05) is 0 Å². The van der Waals surface area contributed by atoms with Crippen molar-refractivity contribution in [1.82, 2.24) is 10.4 Å². The van der Waals surface area contributed by atoms with Crippen molar-refractivity contribution in [2.75, 3.05) is 0 Å². The average Bonchev–Trinajstić information content (AvgIpc) is 2.38. The Morgan fingerprint density at radius 3 is 2.44 bits per heavy atom. The van der Waals surface area contributed by atoms with E-state index in [9.17, 15) is 9.18 Å². The van der Waals surface area contributed by atoms with Gasteiger partial charge in [-0.05, 0) is 43.3 Å². The molecule has 2 rings (SSSR count). The molecule has 4 nitrogen and oxygen atoms in total. The lowest BCUT2D eigenvalue weighted by atomic mass is 10.1. The monoisotopic (exact) mass is 245 g/mol. The molecule has 92 valence electrons. The van der Waals surface area contributed by atoms with Crippen molar-refractivity contribution in [3.8, 4) is 11.3 Å². The van der Waals surface area contributed by atoms with Gasteiger partial charge in [0.2, 0.25) is 0 Å². The molecule has 5 heteroatoms. The van der Waals surface area contributed by atoms with Crippen LogP contribution < -0.4 is 11.3 Å². The van der Waals surface area contributed by atoms with E-state index in [1.54, 1.807) is 31.2 Å². The van der Waals surface area contributed by atoms with E-state index in [1.807, 2.05) is 0 Å². The number of carbonyl (C=O) groups is 1. The highest BCUT2D eigenvalue weighted by atomic mass is 19.1. The van der Waals surface area contributed by atoms with Gasteiger partial charge in [0.1, 0.15) is 5.82 Å². The summed E-state index contributed by atoms with van der Waals surface area (Å²) >= 11 is 0. The summed E-state index contributed by atoms with van der Waals surface area (Å²) in [6.07, 6.45) is 0. The first-order chi connectivity index (χ1) is 8.61. The number of nitrogen functional groups attached to an aromatic ring is 1. The van der Waals surface area contributed by atoms with E-state index < -0.39 is 0 Å². The summed E-state index contributed by atoms with van der Waals surface area (Å²) in [6.45, 7) is 1.72. The van der Waals surface area contributed by atoms with Gasteiger partial charge < -0.3 is 0 Å². The zero-order chi connectivity index (χ0) is 13.1. The Hall–Kier alpha value is -2.27. The molecular formula is C13H12FN3O. The molecule has 0 aliphatic rings. The number of hydrogen-bond acceptors (Lipinski definition) is 3. The maximum absolute atomic E-state index is 12.8. The number of hydrogen-bond donors (Lipinski definition) is 2. The minimum atomic E-state index is -0.384. The van der Waals surface area contributed by atoms with E-state index in [2.05, 4.69) is 10.4 Å². The normalized spacial score (nSPS) is 10.2. The van der Waals surface area contributed by atoms with Gasteiger partial charge in [0, 0.05) is 5.56 Å². The largest absolute Gasteiger partial charge is 0.290 e. The fourth-order valence-corrected chi connectivity index (χ4v) is 1.66. The van der Waals surface area contributed by atoms with Crippen LogP contribution in [0.4, 0.5) is 4.39 Å². The molecule has 0 saturated heterocycles. The summed E-state index contributed by atoms with van der Waals surface area (Å²) in [4.78, 5) is 15.7. The number of aromatic nitrogens is 1. The number of amides is 1. The first kappa shape index (κ1) is 12.2. The van der Waals surface area contributed by atoms with Crippen LogP contribution in [0, 0.1) is 12.7 Å². The van der Waals surface area contributed by atoms with E-state index in [-0.39, 0.29) is 11.7 Å². The Morgan fingerprint density at radius 2 is 1.89 bits per heavy atom. The number of nitrogens with one attached hydrogen (secondary N) is 1. The molecule has 18 heavy (non-hydrogen) atoms. The summed E-state index contributed by atoms with van der Waals surface area (Å²) in [5.74, 6) is 4.39. The predicted molar refractivity (Wildman–Crippen MR) is 66.0 cm³/mol. The molecule has 0 spiro atoms. The van der Waals surface area contributed by atoms with Crippen LogP contribution in [-0.4, -0.2) is 10.9 Å². The molecule has 2 aromatic rings. The van der Waals surface area contributed by atoms with Crippen LogP contribution in [-0.2, 0) is 0 Å². The minimum Gasteiger partial charge on any atom is -0.290 e. The number of rotatable bonds is 2. The first-order valence-corrected chi connectivity index (χ1v) is 5.36. The van der Waals surface area contributed by atoms with Crippen molar-refractivity contribution >= 4 is 5.91 Å². The molecule has 0 bridgehead atoms. The smallest absolute Gasteiger partial charge is 0.267 e. The van der Waals surface area contributed by atoms with Gasteiger partial charge in [0.25, 0.3) is 5.91 Å². The molecule has 1 aromatic carbocycles. The Balaban J connectivity index is 2.40. The van der Waals surface area contributed by atoms with Crippen molar-refractivity contribution in [2.24, 2.45) is 5.84 Å². The zero-order valence-electron chi connectivity index (χ0n) is 9.77. The number of halogens is 1. The topological polar surface area (TPSA) is 68.0 Å². The van der Waals surface area contributed by atoms with Gasteiger partial charge in [-0.15, -0.1) is 0 Å². The Morgan fingerprint density at radius 1 is 1.22 bits per heavy atom. The second kappa shape index (κ2) is 4.93. The number of carbonyl (C=O) groups excluding carboxylic acids is 1. The van der Waals surface area contributed by atoms with Crippen molar-refractivity contribution in [3.63, 3.8) is 0 Å². The summed E-state index contributed by atoms with van der Waals surface area (Å²) < 4.78 is 12.8. The first-order valence-electron chi connectivity index (χ1n) is 5.36. The van der Waals surface area contributed by atoms with Gasteiger partial charge in [0.05, 0.1) is 17.0 Å². The van der Waals surface area contributed by atoms with Crippen LogP contribution >= 0.6 is 0 Å².